The number of nitrogens with one attached hydrogen (secondary N) is 1. The van der Waals surface area contributed by atoms with Gasteiger partial charge in [0.25, 0.3) is 0 Å². The molecular weight excluding hydrogens is 414 g/mol. The summed E-state index contributed by atoms with van der Waals surface area (Å²) in [6.45, 7) is 1.25. The lowest BCUT2D eigenvalue weighted by Gasteiger charge is -2.34. The predicted molar refractivity (Wildman–Crippen MR) is 114 cm³/mol. The van der Waals surface area contributed by atoms with Gasteiger partial charge in [0.2, 0.25) is 15.9 Å². The van der Waals surface area contributed by atoms with Crippen LogP contribution in [0.3, 0.4) is 0 Å². The van der Waals surface area contributed by atoms with Crippen molar-refractivity contribution < 1.29 is 13.2 Å². The van der Waals surface area contributed by atoms with Crippen LogP contribution in [-0.2, 0) is 14.8 Å². The zero-order chi connectivity index (χ0) is 20.0. The summed E-state index contributed by atoms with van der Waals surface area (Å²) >= 11 is 3.21. The third-order valence-corrected chi connectivity index (χ3v) is 7.86. The molecule has 28 heavy (non-hydrogen) atoms. The second kappa shape index (κ2) is 9.87. The first-order valence-corrected chi connectivity index (χ1v) is 13.0. The molecule has 2 atom stereocenters. The number of carbonyl (C=O) groups excluding carboxylic acids is 1. The Labute approximate surface area is 174 Å². The maximum Gasteiger partial charge on any atom is 0.241 e. The number of hydrogen-bond acceptors (Lipinski definition) is 6. The molecule has 1 aliphatic rings. The standard InChI is InChI=1S/C19H25N3O3S3/c1-26-12-9-17(21-28(24,25)16-7-3-2-4-8-16)19(23)22-11-5-6-15(14-22)18-20-10-13-27-18/h2-4,7-8,10,13,15,17,21H,5-6,9,11-12,14H2,1H3. The minimum Gasteiger partial charge on any atom is -0.341 e. The Hall–Kier alpha value is -1.42. The van der Waals surface area contributed by atoms with Gasteiger partial charge in [0, 0.05) is 30.6 Å². The van der Waals surface area contributed by atoms with Gasteiger partial charge in [0.1, 0.15) is 6.04 Å². The van der Waals surface area contributed by atoms with Gasteiger partial charge < -0.3 is 4.90 Å². The molecule has 1 amide bonds. The Bertz CT molecular complexity index is 857. The molecule has 1 aromatic carbocycles. The summed E-state index contributed by atoms with van der Waals surface area (Å²) in [7, 11) is -3.75. The smallest absolute Gasteiger partial charge is 0.241 e. The van der Waals surface area contributed by atoms with E-state index < -0.39 is 16.1 Å². The molecule has 1 aromatic heterocycles. The number of sulfonamides is 1. The molecule has 1 fully saturated rings. The fourth-order valence-corrected chi connectivity index (χ4v) is 5.84. The van der Waals surface area contributed by atoms with Crippen LogP contribution in [0.25, 0.3) is 0 Å². The Morgan fingerprint density at radius 2 is 2.18 bits per heavy atom. The molecule has 0 bridgehead atoms. The second-order valence-electron chi connectivity index (χ2n) is 6.76. The van der Waals surface area contributed by atoms with E-state index in [1.807, 2.05) is 11.6 Å². The van der Waals surface area contributed by atoms with Crippen molar-refractivity contribution in [2.24, 2.45) is 0 Å². The van der Waals surface area contributed by atoms with Gasteiger partial charge in [-0.2, -0.15) is 16.5 Å². The minimum absolute atomic E-state index is 0.144. The van der Waals surface area contributed by atoms with E-state index in [0.29, 0.717) is 25.3 Å². The molecule has 2 aromatic rings. The normalized spacial score (nSPS) is 18.8. The Morgan fingerprint density at radius 1 is 1.39 bits per heavy atom. The molecule has 1 saturated heterocycles. The predicted octanol–water partition coefficient (Wildman–Crippen LogP) is 2.95. The van der Waals surface area contributed by atoms with E-state index in [2.05, 4.69) is 9.71 Å². The number of thioether (sulfide) groups is 1. The van der Waals surface area contributed by atoms with Crippen LogP contribution in [0.1, 0.15) is 30.2 Å². The number of nitrogens with zero attached hydrogens (tertiary/aromatic N) is 2. The van der Waals surface area contributed by atoms with Gasteiger partial charge in [-0.05, 0) is 43.4 Å². The van der Waals surface area contributed by atoms with Crippen molar-refractivity contribution in [3.05, 3.63) is 46.9 Å². The van der Waals surface area contributed by atoms with E-state index in [1.54, 1.807) is 52.4 Å². The summed E-state index contributed by atoms with van der Waals surface area (Å²) in [4.78, 5) is 19.6. The Kier molecular flexibility index (Phi) is 7.50. The SMILES string of the molecule is CSCCC(NS(=O)(=O)c1ccccc1)C(=O)N1CCCC(c2nccs2)C1. The second-order valence-corrected chi connectivity index (χ2v) is 10.4. The van der Waals surface area contributed by atoms with E-state index in [-0.39, 0.29) is 16.7 Å². The van der Waals surface area contributed by atoms with Crippen molar-refractivity contribution in [1.82, 2.24) is 14.6 Å². The number of rotatable bonds is 8. The van der Waals surface area contributed by atoms with Crippen LogP contribution in [0.15, 0.2) is 46.8 Å². The zero-order valence-corrected chi connectivity index (χ0v) is 18.2. The van der Waals surface area contributed by atoms with E-state index in [4.69, 9.17) is 0 Å². The van der Waals surface area contributed by atoms with Crippen molar-refractivity contribution in [3.63, 3.8) is 0 Å². The maximum absolute atomic E-state index is 13.2. The number of amides is 1. The summed E-state index contributed by atoms with van der Waals surface area (Å²) < 4.78 is 28.1. The van der Waals surface area contributed by atoms with Gasteiger partial charge in [0.15, 0.2) is 0 Å². The molecule has 0 aliphatic carbocycles. The minimum atomic E-state index is -3.75. The first-order valence-electron chi connectivity index (χ1n) is 9.26. The van der Waals surface area contributed by atoms with Crippen molar-refractivity contribution in [3.8, 4) is 0 Å². The molecule has 2 unspecified atom stereocenters. The molecule has 0 saturated carbocycles. The molecule has 1 N–H and O–H groups in total. The first-order chi connectivity index (χ1) is 13.5. The number of benzene rings is 1. The molecule has 3 rings (SSSR count). The molecule has 1 aliphatic heterocycles. The van der Waals surface area contributed by atoms with Gasteiger partial charge in [0.05, 0.1) is 9.90 Å². The lowest BCUT2D eigenvalue weighted by atomic mass is 9.98. The lowest BCUT2D eigenvalue weighted by molar-refractivity contribution is -0.134. The van der Waals surface area contributed by atoms with Crippen molar-refractivity contribution in [1.29, 1.82) is 0 Å². The number of likely N-dealkylation sites (tertiary alicyclic amines) is 1. The van der Waals surface area contributed by atoms with Gasteiger partial charge in [-0.15, -0.1) is 11.3 Å². The molecule has 2 heterocycles. The monoisotopic (exact) mass is 439 g/mol. The summed E-state index contributed by atoms with van der Waals surface area (Å²) in [5, 5.41) is 2.99. The molecule has 9 heteroatoms. The van der Waals surface area contributed by atoms with E-state index in [0.717, 1.165) is 17.8 Å². The first kappa shape index (κ1) is 21.3. The van der Waals surface area contributed by atoms with Gasteiger partial charge in [-0.1, -0.05) is 18.2 Å². The average Bonchev–Trinajstić information content (AvgIpc) is 3.26. The quantitative estimate of drug-likeness (QED) is 0.684. The third kappa shape index (κ3) is 5.34. The number of thiazole rings is 1. The van der Waals surface area contributed by atoms with E-state index in [1.165, 1.54) is 12.1 Å². The number of aromatic nitrogens is 1. The lowest BCUT2D eigenvalue weighted by Crippen LogP contribution is -2.51. The van der Waals surface area contributed by atoms with Crippen LogP contribution in [0.4, 0.5) is 0 Å². The van der Waals surface area contributed by atoms with Gasteiger partial charge in [-0.25, -0.2) is 13.4 Å². The molecule has 152 valence electrons. The summed E-state index contributed by atoms with van der Waals surface area (Å²) in [6.07, 6.45) is 6.10. The highest BCUT2D eigenvalue weighted by Crippen LogP contribution is 2.28. The van der Waals surface area contributed by atoms with Crippen LogP contribution >= 0.6 is 23.1 Å². The fraction of sp³-hybridized carbons (Fsp3) is 0.474. The topological polar surface area (TPSA) is 79.4 Å². The van der Waals surface area contributed by atoms with Crippen LogP contribution < -0.4 is 4.72 Å². The Balaban J connectivity index is 1.74. The molecule has 6 nitrogen and oxygen atoms in total. The average molecular weight is 440 g/mol. The summed E-state index contributed by atoms with van der Waals surface area (Å²) in [6, 6.07) is 7.44. The zero-order valence-electron chi connectivity index (χ0n) is 15.8. The fourth-order valence-electron chi connectivity index (χ4n) is 3.36. The van der Waals surface area contributed by atoms with Crippen molar-refractivity contribution in [2.75, 3.05) is 25.1 Å². The Morgan fingerprint density at radius 3 is 2.86 bits per heavy atom. The van der Waals surface area contributed by atoms with E-state index >= 15 is 0 Å². The highest BCUT2D eigenvalue weighted by molar-refractivity contribution is 7.98. The highest BCUT2D eigenvalue weighted by Gasteiger charge is 2.32. The van der Waals surface area contributed by atoms with Crippen molar-refractivity contribution in [2.45, 2.75) is 36.1 Å². The highest BCUT2D eigenvalue weighted by atomic mass is 32.2. The van der Waals surface area contributed by atoms with Crippen LogP contribution in [-0.4, -0.2) is 55.3 Å². The summed E-state index contributed by atoms with van der Waals surface area (Å²) in [5.41, 5.74) is 0. The largest absolute Gasteiger partial charge is 0.341 e. The molecule has 0 spiro atoms. The van der Waals surface area contributed by atoms with Gasteiger partial charge >= 0.3 is 0 Å². The van der Waals surface area contributed by atoms with Crippen molar-refractivity contribution >= 4 is 39.0 Å². The van der Waals surface area contributed by atoms with Crippen LogP contribution in [0.2, 0.25) is 0 Å². The number of carbonyl (C=O) groups is 1. The molecule has 0 radical (unpaired) electrons. The molecular formula is C19H25N3O3S3. The number of piperidine rings is 1. The number of hydrogen-bond donors (Lipinski definition) is 1. The maximum atomic E-state index is 13.2. The third-order valence-electron chi connectivity index (χ3n) is 4.79. The van der Waals surface area contributed by atoms with E-state index in [9.17, 15) is 13.2 Å². The van der Waals surface area contributed by atoms with Gasteiger partial charge in [-0.3, -0.25) is 4.79 Å². The van der Waals surface area contributed by atoms with Crippen LogP contribution in [0.5, 0.6) is 0 Å². The van der Waals surface area contributed by atoms with Crippen LogP contribution in [0, 0.1) is 0 Å². The summed E-state index contributed by atoms with van der Waals surface area (Å²) in [5.74, 6) is 0.789.